The maximum absolute atomic E-state index is 11.1. The van der Waals surface area contributed by atoms with Crippen LogP contribution in [0.5, 0.6) is 0 Å². The summed E-state index contributed by atoms with van der Waals surface area (Å²) in [5, 5.41) is 9.91. The van der Waals surface area contributed by atoms with Crippen molar-refractivity contribution in [2.75, 3.05) is 0 Å². The van der Waals surface area contributed by atoms with E-state index in [1.807, 2.05) is 54.6 Å². The van der Waals surface area contributed by atoms with Gasteiger partial charge in [-0.15, -0.1) is 11.3 Å². The number of carboxylic acids is 1. The van der Waals surface area contributed by atoms with Crippen LogP contribution >= 0.6 is 11.3 Å². The lowest BCUT2D eigenvalue weighted by Crippen LogP contribution is -1.96. The fraction of sp³-hybridized carbons (Fsp3) is 0.100. The summed E-state index contributed by atoms with van der Waals surface area (Å²) in [6.45, 7) is 0. The Labute approximate surface area is 153 Å². The van der Waals surface area contributed by atoms with Crippen LogP contribution in [-0.2, 0) is 4.79 Å². The van der Waals surface area contributed by atoms with Crippen molar-refractivity contribution in [1.29, 1.82) is 0 Å². The summed E-state index contributed by atoms with van der Waals surface area (Å²) in [6, 6.07) is 15.6. The molecule has 4 aromatic rings. The van der Waals surface area contributed by atoms with E-state index in [0.29, 0.717) is 12.1 Å². The smallest absolute Gasteiger partial charge is 0.303 e. The van der Waals surface area contributed by atoms with E-state index in [1.54, 1.807) is 17.5 Å². The van der Waals surface area contributed by atoms with E-state index in [2.05, 4.69) is 15.0 Å². The van der Waals surface area contributed by atoms with Crippen LogP contribution in [0.25, 0.3) is 32.9 Å². The zero-order valence-corrected chi connectivity index (χ0v) is 14.6. The number of thiazole rings is 1. The van der Waals surface area contributed by atoms with Gasteiger partial charge in [0.2, 0.25) is 0 Å². The highest BCUT2D eigenvalue weighted by atomic mass is 32.1. The quantitative estimate of drug-likeness (QED) is 0.560. The lowest BCUT2D eigenvalue weighted by Gasteiger charge is -2.03. The predicted octanol–water partition coefficient (Wildman–Crippen LogP) is 4.64. The number of hydrogen-bond acceptors (Lipinski definition) is 5. The number of aromatic nitrogens is 3. The van der Waals surface area contributed by atoms with Crippen LogP contribution < -0.4 is 0 Å². The molecule has 0 saturated carbocycles. The predicted molar refractivity (Wildman–Crippen MR) is 104 cm³/mol. The second-order valence-electron chi connectivity index (χ2n) is 5.83. The van der Waals surface area contributed by atoms with Gasteiger partial charge in [-0.3, -0.25) is 9.78 Å². The third-order valence-corrected chi connectivity index (χ3v) is 5.08. The lowest BCUT2D eigenvalue weighted by molar-refractivity contribution is -0.136. The summed E-state index contributed by atoms with van der Waals surface area (Å²) in [4.78, 5) is 24.8. The third kappa shape index (κ3) is 3.45. The van der Waals surface area contributed by atoms with Crippen LogP contribution in [0.1, 0.15) is 23.5 Å². The van der Waals surface area contributed by atoms with Gasteiger partial charge in [-0.05, 0) is 42.3 Å². The Morgan fingerprint density at radius 2 is 1.69 bits per heavy atom. The van der Waals surface area contributed by atoms with Gasteiger partial charge in [-0.25, -0.2) is 9.97 Å². The highest BCUT2D eigenvalue weighted by Gasteiger charge is 2.11. The Kier molecular flexibility index (Phi) is 4.41. The summed E-state index contributed by atoms with van der Waals surface area (Å²) >= 11 is 1.56. The fourth-order valence-corrected chi connectivity index (χ4v) is 3.72. The Balaban J connectivity index is 1.77. The minimum Gasteiger partial charge on any atom is -0.481 e. The second-order valence-corrected chi connectivity index (χ2v) is 6.86. The molecule has 2 aromatic heterocycles. The molecule has 0 unspecified atom stereocenters. The average molecular weight is 361 g/mol. The molecule has 4 rings (SSSR count). The highest BCUT2D eigenvalue weighted by Crippen LogP contribution is 2.30. The number of hydrogen-bond donors (Lipinski definition) is 1. The minimum atomic E-state index is -0.832. The van der Waals surface area contributed by atoms with E-state index in [0.717, 1.165) is 31.8 Å². The van der Waals surface area contributed by atoms with Crippen molar-refractivity contribution in [3.05, 3.63) is 65.4 Å². The highest BCUT2D eigenvalue weighted by molar-refractivity contribution is 7.19. The van der Waals surface area contributed by atoms with Crippen molar-refractivity contribution in [2.45, 2.75) is 12.8 Å². The van der Waals surface area contributed by atoms with Crippen molar-refractivity contribution in [3.8, 4) is 0 Å². The van der Waals surface area contributed by atoms with E-state index in [4.69, 9.17) is 5.11 Å². The molecular weight excluding hydrogens is 346 g/mol. The number of carboxylic acid groups (broad SMARTS) is 1. The van der Waals surface area contributed by atoms with E-state index >= 15 is 0 Å². The molecule has 0 amide bonds. The summed E-state index contributed by atoms with van der Waals surface area (Å²) in [5.41, 5.74) is 4.11. The molecule has 26 heavy (non-hydrogen) atoms. The molecule has 6 heteroatoms. The first-order valence-corrected chi connectivity index (χ1v) is 9.01. The molecule has 2 aromatic carbocycles. The molecule has 0 bridgehead atoms. The van der Waals surface area contributed by atoms with Gasteiger partial charge in [0.05, 0.1) is 33.1 Å². The molecule has 0 radical (unpaired) electrons. The number of allylic oxidation sites excluding steroid dienone is 1. The Morgan fingerprint density at radius 1 is 0.962 bits per heavy atom. The summed E-state index contributed by atoms with van der Waals surface area (Å²) in [6.07, 6.45) is 4.03. The second kappa shape index (κ2) is 7.01. The first-order valence-electron chi connectivity index (χ1n) is 8.19. The third-order valence-electron chi connectivity index (χ3n) is 3.97. The zero-order valence-electron chi connectivity index (χ0n) is 13.8. The van der Waals surface area contributed by atoms with Crippen LogP contribution in [0, 0.1) is 0 Å². The Morgan fingerprint density at radius 3 is 2.46 bits per heavy atom. The normalized spacial score (nSPS) is 11.9. The van der Waals surface area contributed by atoms with Crippen molar-refractivity contribution in [1.82, 2.24) is 15.0 Å². The topological polar surface area (TPSA) is 76.0 Å². The molecule has 0 fully saturated rings. The van der Waals surface area contributed by atoms with Crippen LogP contribution in [-0.4, -0.2) is 26.0 Å². The van der Waals surface area contributed by atoms with Gasteiger partial charge in [0, 0.05) is 6.42 Å². The molecule has 0 atom stereocenters. The SMILES string of the molecule is O=C(O)CC/C(=C\c1cnc2ccccc2n1)c1nc2ccccc2s1. The van der Waals surface area contributed by atoms with Crippen molar-refractivity contribution in [3.63, 3.8) is 0 Å². The van der Waals surface area contributed by atoms with E-state index < -0.39 is 5.97 Å². The number of benzene rings is 2. The minimum absolute atomic E-state index is 0.0444. The molecule has 0 aliphatic rings. The van der Waals surface area contributed by atoms with E-state index in [-0.39, 0.29) is 6.42 Å². The molecule has 0 aliphatic carbocycles. The standard InChI is InChI=1S/C20H15N3O2S/c24-19(25)10-9-13(20-23-17-7-3-4-8-18(17)26-20)11-14-12-21-15-5-1-2-6-16(15)22-14/h1-8,11-12H,9-10H2,(H,24,25)/b13-11+. The first kappa shape index (κ1) is 16.4. The number of carbonyl (C=O) groups is 1. The molecular formula is C20H15N3O2S. The van der Waals surface area contributed by atoms with Crippen molar-refractivity contribution < 1.29 is 9.90 Å². The van der Waals surface area contributed by atoms with Crippen molar-refractivity contribution >= 4 is 50.2 Å². The molecule has 0 saturated heterocycles. The average Bonchev–Trinajstić information content (AvgIpc) is 3.09. The molecule has 1 N–H and O–H groups in total. The zero-order chi connectivity index (χ0) is 17.9. The maximum Gasteiger partial charge on any atom is 0.303 e. The largest absolute Gasteiger partial charge is 0.481 e. The number of rotatable bonds is 5. The molecule has 128 valence electrons. The van der Waals surface area contributed by atoms with Gasteiger partial charge < -0.3 is 5.11 Å². The van der Waals surface area contributed by atoms with Crippen LogP contribution in [0.4, 0.5) is 0 Å². The summed E-state index contributed by atoms with van der Waals surface area (Å²) in [7, 11) is 0. The first-order chi connectivity index (χ1) is 12.7. The van der Waals surface area contributed by atoms with Gasteiger partial charge in [0.25, 0.3) is 0 Å². The molecule has 5 nitrogen and oxygen atoms in total. The molecule has 0 spiro atoms. The van der Waals surface area contributed by atoms with Crippen LogP contribution in [0.3, 0.4) is 0 Å². The van der Waals surface area contributed by atoms with Gasteiger partial charge >= 0.3 is 5.97 Å². The summed E-state index contributed by atoms with van der Waals surface area (Å²) < 4.78 is 1.08. The van der Waals surface area contributed by atoms with Crippen LogP contribution in [0.2, 0.25) is 0 Å². The number of aliphatic carboxylic acids is 1. The van der Waals surface area contributed by atoms with Gasteiger partial charge in [-0.2, -0.15) is 0 Å². The lowest BCUT2D eigenvalue weighted by atomic mass is 10.1. The Bertz CT molecular complexity index is 1100. The molecule has 2 heterocycles. The van der Waals surface area contributed by atoms with Crippen LogP contribution in [0.15, 0.2) is 54.7 Å². The molecule has 0 aliphatic heterocycles. The fourth-order valence-electron chi connectivity index (χ4n) is 2.71. The number of nitrogens with zero attached hydrogens (tertiary/aromatic N) is 3. The van der Waals surface area contributed by atoms with Gasteiger partial charge in [-0.1, -0.05) is 24.3 Å². The Hall–Kier alpha value is -3.12. The van der Waals surface area contributed by atoms with E-state index in [9.17, 15) is 4.79 Å². The van der Waals surface area contributed by atoms with E-state index in [1.165, 1.54) is 0 Å². The monoisotopic (exact) mass is 361 g/mol. The van der Waals surface area contributed by atoms with Gasteiger partial charge in [0.1, 0.15) is 5.01 Å². The number of fused-ring (bicyclic) bond motifs is 2. The van der Waals surface area contributed by atoms with Crippen molar-refractivity contribution in [2.24, 2.45) is 0 Å². The van der Waals surface area contributed by atoms with Gasteiger partial charge in [0.15, 0.2) is 0 Å². The number of para-hydroxylation sites is 3. The maximum atomic E-state index is 11.1. The summed E-state index contributed by atoms with van der Waals surface area (Å²) in [5.74, 6) is -0.832.